The molecule has 4 heteroatoms. The zero-order valence-corrected chi connectivity index (χ0v) is 11.0. The summed E-state index contributed by atoms with van der Waals surface area (Å²) < 4.78 is 0. The van der Waals surface area contributed by atoms with Crippen LogP contribution in [-0.4, -0.2) is 30.9 Å². The number of anilines is 1. The fourth-order valence-electron chi connectivity index (χ4n) is 1.97. The summed E-state index contributed by atoms with van der Waals surface area (Å²) in [5.41, 5.74) is 0.586. The van der Waals surface area contributed by atoms with Gasteiger partial charge in [-0.05, 0) is 43.4 Å². The highest BCUT2D eigenvalue weighted by Gasteiger charge is 2.50. The smallest absolute Gasteiger partial charge is 0.311 e. The molecule has 2 rings (SSSR count). The van der Waals surface area contributed by atoms with Crippen molar-refractivity contribution in [3.05, 3.63) is 24.3 Å². The van der Waals surface area contributed by atoms with E-state index in [-0.39, 0.29) is 0 Å². The van der Waals surface area contributed by atoms with E-state index in [1.54, 1.807) is 11.8 Å². The number of benzene rings is 1. The van der Waals surface area contributed by atoms with E-state index in [1.165, 1.54) is 4.90 Å². The summed E-state index contributed by atoms with van der Waals surface area (Å²) in [7, 11) is 1.96. The number of thioether (sulfide) groups is 1. The molecule has 1 fully saturated rings. The number of hydrogen-bond donors (Lipinski definition) is 1. The number of carboxylic acid groups (broad SMARTS) is 1. The third-order valence-corrected chi connectivity index (χ3v) is 4.10. The second-order valence-corrected chi connectivity index (χ2v) is 5.52. The maximum Gasteiger partial charge on any atom is 0.311 e. The van der Waals surface area contributed by atoms with E-state index in [4.69, 9.17) is 5.11 Å². The largest absolute Gasteiger partial charge is 0.481 e. The first-order chi connectivity index (χ1) is 8.07. The van der Waals surface area contributed by atoms with Crippen molar-refractivity contribution in [1.82, 2.24) is 0 Å². The molecule has 0 saturated heterocycles. The standard InChI is InChI=1S/C13H17NO2S/c1-14(9-13(7-8-13)12(15)16)10-3-5-11(17-2)6-4-10/h3-6H,7-9H2,1-2H3,(H,15,16). The van der Waals surface area contributed by atoms with Crippen LogP contribution in [0.3, 0.4) is 0 Å². The Hall–Kier alpha value is -1.16. The number of carbonyl (C=O) groups is 1. The molecule has 0 radical (unpaired) electrons. The summed E-state index contributed by atoms with van der Waals surface area (Å²) >= 11 is 1.71. The van der Waals surface area contributed by atoms with E-state index < -0.39 is 11.4 Å². The molecule has 92 valence electrons. The summed E-state index contributed by atoms with van der Waals surface area (Å²) in [5.74, 6) is -0.662. The predicted octanol–water partition coefficient (Wildman–Crippen LogP) is 2.71. The Bertz CT molecular complexity index is 412. The monoisotopic (exact) mass is 251 g/mol. The van der Waals surface area contributed by atoms with Crippen LogP contribution in [0.15, 0.2) is 29.2 Å². The van der Waals surface area contributed by atoms with Crippen LogP contribution in [0.5, 0.6) is 0 Å². The summed E-state index contributed by atoms with van der Waals surface area (Å²) in [5, 5.41) is 9.15. The lowest BCUT2D eigenvalue weighted by molar-refractivity contribution is -0.142. The Labute approximate surface area is 106 Å². The van der Waals surface area contributed by atoms with E-state index in [0.29, 0.717) is 6.54 Å². The Kier molecular flexibility index (Phi) is 3.33. The second kappa shape index (κ2) is 4.61. The maximum absolute atomic E-state index is 11.1. The molecule has 1 aromatic carbocycles. The molecule has 0 spiro atoms. The fraction of sp³-hybridized carbons (Fsp3) is 0.462. The van der Waals surface area contributed by atoms with Crippen molar-refractivity contribution in [2.45, 2.75) is 17.7 Å². The van der Waals surface area contributed by atoms with Gasteiger partial charge in [-0.1, -0.05) is 0 Å². The minimum absolute atomic E-state index is 0.493. The van der Waals surface area contributed by atoms with Crippen LogP contribution in [0.2, 0.25) is 0 Å². The molecule has 0 unspecified atom stereocenters. The van der Waals surface area contributed by atoms with E-state index in [0.717, 1.165) is 18.5 Å². The first-order valence-electron chi connectivity index (χ1n) is 5.66. The lowest BCUT2D eigenvalue weighted by Crippen LogP contribution is -2.31. The zero-order chi connectivity index (χ0) is 12.5. The van der Waals surface area contributed by atoms with E-state index in [2.05, 4.69) is 12.1 Å². The van der Waals surface area contributed by atoms with Gasteiger partial charge in [-0.15, -0.1) is 11.8 Å². The molecule has 17 heavy (non-hydrogen) atoms. The molecule has 0 heterocycles. The predicted molar refractivity (Wildman–Crippen MR) is 70.8 cm³/mol. The van der Waals surface area contributed by atoms with E-state index in [1.807, 2.05) is 30.3 Å². The van der Waals surface area contributed by atoms with E-state index in [9.17, 15) is 4.79 Å². The van der Waals surface area contributed by atoms with E-state index >= 15 is 0 Å². The molecule has 0 aromatic heterocycles. The van der Waals surface area contributed by atoms with Gasteiger partial charge < -0.3 is 10.0 Å². The van der Waals surface area contributed by atoms with Gasteiger partial charge in [0.1, 0.15) is 0 Å². The van der Waals surface area contributed by atoms with Crippen molar-refractivity contribution < 1.29 is 9.90 Å². The molecule has 1 saturated carbocycles. The SMILES string of the molecule is CSc1ccc(N(C)CC2(C(=O)O)CC2)cc1. The van der Waals surface area contributed by atoms with Crippen LogP contribution >= 0.6 is 11.8 Å². The topological polar surface area (TPSA) is 40.5 Å². The molecule has 1 N–H and O–H groups in total. The molecule has 1 aliphatic carbocycles. The quantitative estimate of drug-likeness (QED) is 0.817. The Morgan fingerprint density at radius 3 is 2.41 bits per heavy atom. The molecule has 3 nitrogen and oxygen atoms in total. The van der Waals surface area contributed by atoms with Crippen LogP contribution in [0.1, 0.15) is 12.8 Å². The molecular weight excluding hydrogens is 234 g/mol. The van der Waals surface area contributed by atoms with Crippen molar-refractivity contribution in [3.63, 3.8) is 0 Å². The van der Waals surface area contributed by atoms with Crippen molar-refractivity contribution in [3.8, 4) is 0 Å². The minimum atomic E-state index is -0.662. The van der Waals surface area contributed by atoms with Gasteiger partial charge in [-0.25, -0.2) is 0 Å². The van der Waals surface area contributed by atoms with Gasteiger partial charge in [-0.3, -0.25) is 4.79 Å². The molecule has 0 bridgehead atoms. The summed E-state index contributed by atoms with van der Waals surface area (Å²) in [6.07, 6.45) is 3.65. The third kappa shape index (κ3) is 2.57. The molecule has 0 aliphatic heterocycles. The van der Waals surface area contributed by atoms with Crippen molar-refractivity contribution in [1.29, 1.82) is 0 Å². The lowest BCUT2D eigenvalue weighted by atomic mass is 10.1. The highest BCUT2D eigenvalue weighted by Crippen LogP contribution is 2.46. The van der Waals surface area contributed by atoms with Crippen LogP contribution in [0.4, 0.5) is 5.69 Å². The van der Waals surface area contributed by atoms with Gasteiger partial charge in [0, 0.05) is 24.2 Å². The first-order valence-corrected chi connectivity index (χ1v) is 6.88. The summed E-state index contributed by atoms with van der Waals surface area (Å²) in [6.45, 7) is 0.598. The molecular formula is C13H17NO2S. The zero-order valence-electron chi connectivity index (χ0n) is 10.1. The van der Waals surface area contributed by atoms with Crippen LogP contribution in [-0.2, 0) is 4.79 Å². The van der Waals surface area contributed by atoms with Crippen molar-refractivity contribution >= 4 is 23.4 Å². The van der Waals surface area contributed by atoms with Crippen LogP contribution < -0.4 is 4.90 Å². The van der Waals surface area contributed by atoms with Gasteiger partial charge >= 0.3 is 5.97 Å². The van der Waals surface area contributed by atoms with Crippen molar-refractivity contribution in [2.75, 3.05) is 24.7 Å². The maximum atomic E-state index is 11.1. The van der Waals surface area contributed by atoms with Gasteiger partial charge in [0.2, 0.25) is 0 Å². The second-order valence-electron chi connectivity index (χ2n) is 4.64. The molecule has 1 aromatic rings. The highest BCUT2D eigenvalue weighted by atomic mass is 32.2. The van der Waals surface area contributed by atoms with Gasteiger partial charge in [0.05, 0.1) is 5.41 Å². The van der Waals surface area contributed by atoms with Crippen LogP contribution in [0, 0.1) is 5.41 Å². The minimum Gasteiger partial charge on any atom is -0.481 e. The highest BCUT2D eigenvalue weighted by molar-refractivity contribution is 7.98. The first kappa shape index (κ1) is 12.3. The molecule has 0 atom stereocenters. The average Bonchev–Trinajstić information content (AvgIpc) is 3.10. The third-order valence-electron chi connectivity index (χ3n) is 3.36. The average molecular weight is 251 g/mol. The lowest BCUT2D eigenvalue weighted by Gasteiger charge is -2.23. The number of rotatable bonds is 5. The number of carboxylic acids is 1. The Morgan fingerprint density at radius 2 is 2.00 bits per heavy atom. The van der Waals surface area contributed by atoms with Crippen molar-refractivity contribution in [2.24, 2.45) is 5.41 Å². The number of nitrogens with zero attached hydrogens (tertiary/aromatic N) is 1. The fourth-order valence-corrected chi connectivity index (χ4v) is 2.38. The van der Waals surface area contributed by atoms with Crippen LogP contribution in [0.25, 0.3) is 0 Å². The number of aliphatic carboxylic acids is 1. The van der Waals surface area contributed by atoms with Gasteiger partial charge in [-0.2, -0.15) is 0 Å². The number of hydrogen-bond acceptors (Lipinski definition) is 3. The molecule has 0 amide bonds. The summed E-state index contributed by atoms with van der Waals surface area (Å²) in [6, 6.07) is 8.22. The van der Waals surface area contributed by atoms with Gasteiger partial charge in [0.25, 0.3) is 0 Å². The molecule has 1 aliphatic rings. The Balaban J connectivity index is 2.04. The Morgan fingerprint density at radius 1 is 1.41 bits per heavy atom. The van der Waals surface area contributed by atoms with Gasteiger partial charge in [0.15, 0.2) is 0 Å². The summed E-state index contributed by atoms with van der Waals surface area (Å²) in [4.78, 5) is 14.4. The normalized spacial score (nSPS) is 16.6.